The van der Waals surface area contributed by atoms with Crippen molar-refractivity contribution in [3.63, 3.8) is 0 Å². The maximum Gasteiger partial charge on any atom is 0.333 e. The van der Waals surface area contributed by atoms with E-state index in [2.05, 4.69) is 6.58 Å². The average molecular weight is 284 g/mol. The van der Waals surface area contributed by atoms with E-state index in [1.807, 2.05) is 0 Å². The topological polar surface area (TPSA) is 89.9 Å². The maximum absolute atomic E-state index is 11.0. The van der Waals surface area contributed by atoms with Gasteiger partial charge in [0.2, 0.25) is 0 Å². The van der Waals surface area contributed by atoms with Gasteiger partial charge >= 0.3 is 17.9 Å². The van der Waals surface area contributed by atoms with E-state index >= 15 is 0 Å². The molecule has 0 aromatic rings. The monoisotopic (exact) mass is 284 g/mol. The molecular weight excluding hydrogens is 264 g/mol. The SMILES string of the molecule is C=C(C)C(=O)OCCCCCCOC(=O)/C=C\C(=O)O. The van der Waals surface area contributed by atoms with Crippen LogP contribution in [0.5, 0.6) is 0 Å². The number of carbonyl (C=O) groups excluding carboxylic acids is 2. The third-order valence-electron chi connectivity index (χ3n) is 2.23. The van der Waals surface area contributed by atoms with Gasteiger partial charge in [0.25, 0.3) is 0 Å². The van der Waals surface area contributed by atoms with Gasteiger partial charge in [0.1, 0.15) is 0 Å². The molecule has 0 aliphatic heterocycles. The Morgan fingerprint density at radius 2 is 1.55 bits per heavy atom. The zero-order valence-electron chi connectivity index (χ0n) is 11.6. The van der Waals surface area contributed by atoms with Crippen LogP contribution in [0.4, 0.5) is 0 Å². The molecule has 0 saturated carbocycles. The van der Waals surface area contributed by atoms with E-state index in [9.17, 15) is 14.4 Å². The summed E-state index contributed by atoms with van der Waals surface area (Å²) in [5, 5.41) is 8.29. The van der Waals surface area contributed by atoms with Crippen LogP contribution in [0.25, 0.3) is 0 Å². The van der Waals surface area contributed by atoms with E-state index in [1.54, 1.807) is 6.92 Å². The molecule has 0 unspecified atom stereocenters. The van der Waals surface area contributed by atoms with Crippen LogP contribution in [0.15, 0.2) is 24.3 Å². The minimum atomic E-state index is -1.19. The number of unbranched alkanes of at least 4 members (excludes halogenated alkanes) is 3. The molecule has 0 aromatic carbocycles. The molecule has 0 aromatic heterocycles. The molecule has 20 heavy (non-hydrogen) atoms. The van der Waals surface area contributed by atoms with Crippen LogP contribution in [-0.2, 0) is 23.9 Å². The van der Waals surface area contributed by atoms with Gasteiger partial charge in [-0.05, 0) is 32.6 Å². The summed E-state index contributed by atoms with van der Waals surface area (Å²) < 4.78 is 9.70. The second kappa shape index (κ2) is 10.8. The quantitative estimate of drug-likeness (QED) is 0.374. The fourth-order valence-corrected chi connectivity index (χ4v) is 1.21. The molecule has 0 aliphatic carbocycles. The number of ether oxygens (including phenoxy) is 2. The Hall–Kier alpha value is -2.11. The highest BCUT2D eigenvalue weighted by atomic mass is 16.5. The number of hydrogen-bond donors (Lipinski definition) is 1. The second-order valence-corrected chi connectivity index (χ2v) is 4.17. The van der Waals surface area contributed by atoms with Crippen molar-refractivity contribution < 1.29 is 29.0 Å². The van der Waals surface area contributed by atoms with E-state index in [1.165, 1.54) is 0 Å². The minimum absolute atomic E-state index is 0.244. The summed E-state index contributed by atoms with van der Waals surface area (Å²) in [5.41, 5.74) is 0.381. The molecule has 0 spiro atoms. The first kappa shape index (κ1) is 17.9. The van der Waals surface area contributed by atoms with Gasteiger partial charge in [-0.1, -0.05) is 6.58 Å². The smallest absolute Gasteiger partial charge is 0.333 e. The number of carbonyl (C=O) groups is 3. The molecule has 0 saturated heterocycles. The first-order valence-corrected chi connectivity index (χ1v) is 6.34. The normalized spacial score (nSPS) is 10.2. The van der Waals surface area contributed by atoms with Crippen molar-refractivity contribution in [3.05, 3.63) is 24.3 Å². The van der Waals surface area contributed by atoms with E-state index in [0.29, 0.717) is 18.6 Å². The van der Waals surface area contributed by atoms with Gasteiger partial charge in [-0.15, -0.1) is 0 Å². The van der Waals surface area contributed by atoms with Crippen molar-refractivity contribution in [2.45, 2.75) is 32.6 Å². The van der Waals surface area contributed by atoms with Crippen LogP contribution in [0, 0.1) is 0 Å². The third-order valence-corrected chi connectivity index (χ3v) is 2.23. The van der Waals surface area contributed by atoms with Crippen molar-refractivity contribution in [2.24, 2.45) is 0 Å². The number of esters is 2. The molecule has 0 rings (SSSR count). The molecule has 0 fully saturated rings. The molecule has 0 heterocycles. The summed E-state index contributed by atoms with van der Waals surface area (Å²) in [7, 11) is 0. The Bertz CT molecular complexity index is 383. The molecule has 0 bridgehead atoms. The van der Waals surface area contributed by atoms with Crippen molar-refractivity contribution in [2.75, 3.05) is 13.2 Å². The van der Waals surface area contributed by atoms with Crippen molar-refractivity contribution >= 4 is 17.9 Å². The van der Waals surface area contributed by atoms with Gasteiger partial charge < -0.3 is 14.6 Å². The minimum Gasteiger partial charge on any atom is -0.478 e. The fourth-order valence-electron chi connectivity index (χ4n) is 1.21. The Kier molecular flexibility index (Phi) is 9.64. The van der Waals surface area contributed by atoms with Crippen molar-refractivity contribution in [1.29, 1.82) is 0 Å². The van der Waals surface area contributed by atoms with E-state index in [0.717, 1.165) is 31.4 Å². The Morgan fingerprint density at radius 1 is 1.00 bits per heavy atom. The largest absolute Gasteiger partial charge is 0.478 e. The Morgan fingerprint density at radius 3 is 2.05 bits per heavy atom. The number of carboxylic acids is 1. The van der Waals surface area contributed by atoms with Crippen molar-refractivity contribution in [1.82, 2.24) is 0 Å². The lowest BCUT2D eigenvalue weighted by Gasteiger charge is -2.04. The molecule has 0 amide bonds. The van der Waals surface area contributed by atoms with Crippen LogP contribution >= 0.6 is 0 Å². The Labute approximate surface area is 118 Å². The van der Waals surface area contributed by atoms with Crippen LogP contribution in [0.2, 0.25) is 0 Å². The number of rotatable bonds is 10. The van der Waals surface area contributed by atoms with E-state index in [-0.39, 0.29) is 12.6 Å². The van der Waals surface area contributed by atoms with Gasteiger partial charge in [-0.3, -0.25) is 0 Å². The van der Waals surface area contributed by atoms with Crippen LogP contribution < -0.4 is 0 Å². The summed E-state index contributed by atoms with van der Waals surface area (Å²) in [5.74, 6) is -2.24. The highest BCUT2D eigenvalue weighted by Crippen LogP contribution is 2.02. The first-order valence-electron chi connectivity index (χ1n) is 6.34. The number of hydrogen-bond acceptors (Lipinski definition) is 5. The molecule has 0 aliphatic rings. The highest BCUT2D eigenvalue weighted by Gasteiger charge is 2.02. The second-order valence-electron chi connectivity index (χ2n) is 4.17. The zero-order valence-corrected chi connectivity index (χ0v) is 11.6. The number of carboxylic acid groups (broad SMARTS) is 1. The average Bonchev–Trinajstić information content (AvgIpc) is 2.38. The molecular formula is C14H20O6. The van der Waals surface area contributed by atoms with E-state index < -0.39 is 11.9 Å². The summed E-state index contributed by atoms with van der Waals surface area (Å²) in [6, 6.07) is 0. The van der Waals surface area contributed by atoms with Crippen LogP contribution in [0.1, 0.15) is 32.6 Å². The van der Waals surface area contributed by atoms with Gasteiger partial charge in [-0.25, -0.2) is 14.4 Å². The van der Waals surface area contributed by atoms with E-state index in [4.69, 9.17) is 14.6 Å². The fraction of sp³-hybridized carbons (Fsp3) is 0.500. The van der Waals surface area contributed by atoms with Crippen LogP contribution in [0.3, 0.4) is 0 Å². The summed E-state index contributed by atoms with van der Waals surface area (Å²) in [4.78, 5) is 32.2. The lowest BCUT2D eigenvalue weighted by Crippen LogP contribution is -2.06. The lowest BCUT2D eigenvalue weighted by atomic mass is 10.2. The highest BCUT2D eigenvalue weighted by molar-refractivity contribution is 5.90. The molecule has 6 nitrogen and oxygen atoms in total. The molecule has 112 valence electrons. The van der Waals surface area contributed by atoms with Gasteiger partial charge in [0.15, 0.2) is 0 Å². The molecule has 1 N–H and O–H groups in total. The summed E-state index contributed by atoms with van der Waals surface area (Å²) >= 11 is 0. The first-order chi connectivity index (χ1) is 9.43. The summed E-state index contributed by atoms with van der Waals surface area (Å²) in [6.45, 7) is 5.66. The summed E-state index contributed by atoms with van der Waals surface area (Å²) in [6.07, 6.45) is 4.72. The number of aliphatic carboxylic acids is 1. The molecule has 0 atom stereocenters. The van der Waals surface area contributed by atoms with Gasteiger partial charge in [0.05, 0.1) is 13.2 Å². The van der Waals surface area contributed by atoms with Gasteiger partial charge in [-0.2, -0.15) is 0 Å². The predicted octanol–water partition coefficient (Wildman–Crippen LogP) is 1.85. The zero-order chi connectivity index (χ0) is 15.4. The predicted molar refractivity (Wildman–Crippen MR) is 72.0 cm³/mol. The van der Waals surface area contributed by atoms with Gasteiger partial charge in [0, 0.05) is 17.7 Å². The van der Waals surface area contributed by atoms with Crippen LogP contribution in [-0.4, -0.2) is 36.2 Å². The third kappa shape index (κ3) is 11.0. The standard InChI is InChI=1S/C14H20O6/c1-11(2)14(18)20-10-6-4-3-5-9-19-13(17)8-7-12(15)16/h7-8H,1,3-6,9-10H2,2H3,(H,15,16)/b8-7-. The lowest BCUT2D eigenvalue weighted by molar-refractivity contribution is -0.139. The Balaban J connectivity index is 3.41. The molecule has 6 heteroatoms. The van der Waals surface area contributed by atoms with Crippen molar-refractivity contribution in [3.8, 4) is 0 Å². The maximum atomic E-state index is 11.0. The molecule has 0 radical (unpaired) electrons.